The minimum absolute atomic E-state index is 0.743. The third kappa shape index (κ3) is 6.77. The molecule has 0 fully saturated rings. The maximum atomic E-state index is 5.68. The predicted molar refractivity (Wildman–Crippen MR) is 77.7 cm³/mol. The highest BCUT2D eigenvalue weighted by atomic mass is 16.5. The van der Waals surface area contributed by atoms with E-state index in [4.69, 9.17) is 4.74 Å². The van der Waals surface area contributed by atoms with Crippen LogP contribution in [0.15, 0.2) is 30.3 Å². The molecule has 18 heavy (non-hydrogen) atoms. The summed E-state index contributed by atoms with van der Waals surface area (Å²) >= 11 is 0. The molecule has 0 heterocycles. The van der Waals surface area contributed by atoms with Gasteiger partial charge in [-0.05, 0) is 44.5 Å². The van der Waals surface area contributed by atoms with Crippen LogP contribution in [0.5, 0.6) is 0 Å². The molecular formula is C16H27NO. The van der Waals surface area contributed by atoms with Crippen molar-refractivity contribution in [2.24, 2.45) is 0 Å². The van der Waals surface area contributed by atoms with Crippen LogP contribution in [0, 0.1) is 0 Å². The molecule has 2 nitrogen and oxygen atoms in total. The molecule has 102 valence electrons. The van der Waals surface area contributed by atoms with Crippen LogP contribution in [0.25, 0.3) is 0 Å². The molecule has 2 heteroatoms. The standard InChI is InChI=1S/C16H27NO/c1-3-12-17(4-2)13-8-9-14-18-15-16-10-6-5-7-11-16/h5-7,10-11H,3-4,8-9,12-15H2,1-2H3. The van der Waals surface area contributed by atoms with Crippen molar-refractivity contribution in [1.29, 1.82) is 0 Å². The van der Waals surface area contributed by atoms with E-state index in [9.17, 15) is 0 Å². The summed E-state index contributed by atoms with van der Waals surface area (Å²) in [6.07, 6.45) is 3.65. The van der Waals surface area contributed by atoms with Crippen molar-refractivity contribution >= 4 is 0 Å². The summed E-state index contributed by atoms with van der Waals surface area (Å²) in [6.45, 7) is 9.69. The molecule has 0 aromatic heterocycles. The highest BCUT2D eigenvalue weighted by molar-refractivity contribution is 5.13. The molecule has 0 aliphatic carbocycles. The minimum atomic E-state index is 0.743. The topological polar surface area (TPSA) is 12.5 Å². The zero-order chi connectivity index (χ0) is 13.1. The zero-order valence-corrected chi connectivity index (χ0v) is 11.9. The highest BCUT2D eigenvalue weighted by Crippen LogP contribution is 2.02. The summed E-state index contributed by atoms with van der Waals surface area (Å²) in [4.78, 5) is 2.51. The van der Waals surface area contributed by atoms with Crippen molar-refractivity contribution in [3.63, 3.8) is 0 Å². The fraction of sp³-hybridized carbons (Fsp3) is 0.625. The highest BCUT2D eigenvalue weighted by Gasteiger charge is 1.99. The first-order valence-electron chi connectivity index (χ1n) is 7.20. The van der Waals surface area contributed by atoms with E-state index >= 15 is 0 Å². The van der Waals surface area contributed by atoms with Crippen LogP contribution in [0.4, 0.5) is 0 Å². The van der Waals surface area contributed by atoms with E-state index in [0.29, 0.717) is 0 Å². The number of hydrogen-bond donors (Lipinski definition) is 0. The molecule has 0 N–H and O–H groups in total. The first-order chi connectivity index (χ1) is 8.86. The second-order valence-corrected chi connectivity index (χ2v) is 4.68. The number of unbranched alkanes of at least 4 members (excludes halogenated alkanes) is 1. The predicted octanol–water partition coefficient (Wildman–Crippen LogP) is 3.72. The molecule has 0 aliphatic heterocycles. The van der Waals surface area contributed by atoms with E-state index in [0.717, 1.165) is 19.6 Å². The Kier molecular flexibility index (Phi) is 8.53. The smallest absolute Gasteiger partial charge is 0.0716 e. The molecule has 0 atom stereocenters. The first kappa shape index (κ1) is 15.2. The van der Waals surface area contributed by atoms with Crippen LogP contribution in [-0.2, 0) is 11.3 Å². The molecule has 1 rings (SSSR count). The lowest BCUT2D eigenvalue weighted by Gasteiger charge is -2.19. The van der Waals surface area contributed by atoms with Crippen LogP contribution >= 0.6 is 0 Å². The van der Waals surface area contributed by atoms with Crippen molar-refractivity contribution in [2.75, 3.05) is 26.2 Å². The van der Waals surface area contributed by atoms with E-state index in [-0.39, 0.29) is 0 Å². The van der Waals surface area contributed by atoms with E-state index in [2.05, 4.69) is 43.0 Å². The summed E-state index contributed by atoms with van der Waals surface area (Å²) in [5.74, 6) is 0. The number of nitrogens with zero attached hydrogens (tertiary/aromatic N) is 1. The maximum Gasteiger partial charge on any atom is 0.0716 e. The van der Waals surface area contributed by atoms with Gasteiger partial charge in [-0.3, -0.25) is 0 Å². The second-order valence-electron chi connectivity index (χ2n) is 4.68. The second kappa shape index (κ2) is 10.1. The van der Waals surface area contributed by atoms with Crippen molar-refractivity contribution < 1.29 is 4.74 Å². The van der Waals surface area contributed by atoms with Gasteiger partial charge in [-0.2, -0.15) is 0 Å². The van der Waals surface area contributed by atoms with Crippen LogP contribution < -0.4 is 0 Å². The van der Waals surface area contributed by atoms with Gasteiger partial charge in [0.15, 0.2) is 0 Å². The van der Waals surface area contributed by atoms with Crippen molar-refractivity contribution in [3.05, 3.63) is 35.9 Å². The van der Waals surface area contributed by atoms with Crippen molar-refractivity contribution in [3.8, 4) is 0 Å². The molecular weight excluding hydrogens is 222 g/mol. The van der Waals surface area contributed by atoms with Gasteiger partial charge in [0.1, 0.15) is 0 Å². The summed E-state index contributed by atoms with van der Waals surface area (Å²) in [5, 5.41) is 0. The molecule has 0 radical (unpaired) electrons. The van der Waals surface area contributed by atoms with Gasteiger partial charge in [0.05, 0.1) is 6.61 Å². The van der Waals surface area contributed by atoms with E-state index < -0.39 is 0 Å². The van der Waals surface area contributed by atoms with Gasteiger partial charge < -0.3 is 9.64 Å². The number of hydrogen-bond acceptors (Lipinski definition) is 2. The fourth-order valence-electron chi connectivity index (χ4n) is 2.05. The summed E-state index contributed by atoms with van der Waals surface area (Å²) in [7, 11) is 0. The van der Waals surface area contributed by atoms with Gasteiger partial charge in [0.2, 0.25) is 0 Å². The Labute approximate surface area is 112 Å². The van der Waals surface area contributed by atoms with Gasteiger partial charge >= 0.3 is 0 Å². The maximum absolute atomic E-state index is 5.68. The van der Waals surface area contributed by atoms with Gasteiger partial charge in [-0.15, -0.1) is 0 Å². The Morgan fingerprint density at radius 2 is 1.78 bits per heavy atom. The molecule has 0 aliphatic rings. The average Bonchev–Trinajstić information content (AvgIpc) is 2.42. The lowest BCUT2D eigenvalue weighted by atomic mass is 10.2. The van der Waals surface area contributed by atoms with Crippen LogP contribution in [0.3, 0.4) is 0 Å². The molecule has 0 amide bonds. The van der Waals surface area contributed by atoms with Gasteiger partial charge in [0.25, 0.3) is 0 Å². The number of benzene rings is 1. The van der Waals surface area contributed by atoms with E-state index in [1.807, 2.05) is 6.07 Å². The Hall–Kier alpha value is -0.860. The van der Waals surface area contributed by atoms with E-state index in [1.54, 1.807) is 0 Å². The Bertz CT molecular complexity index is 286. The first-order valence-corrected chi connectivity index (χ1v) is 7.20. The largest absolute Gasteiger partial charge is 0.377 e. The molecule has 0 spiro atoms. The van der Waals surface area contributed by atoms with Crippen LogP contribution in [0.1, 0.15) is 38.7 Å². The molecule has 0 unspecified atom stereocenters. The molecule has 1 aromatic rings. The van der Waals surface area contributed by atoms with Crippen molar-refractivity contribution in [1.82, 2.24) is 4.90 Å². The molecule has 0 saturated heterocycles. The lowest BCUT2D eigenvalue weighted by molar-refractivity contribution is 0.114. The minimum Gasteiger partial charge on any atom is -0.377 e. The summed E-state index contributed by atoms with van der Waals surface area (Å²) < 4.78 is 5.68. The molecule has 1 aromatic carbocycles. The summed E-state index contributed by atoms with van der Waals surface area (Å²) in [6, 6.07) is 10.4. The van der Waals surface area contributed by atoms with Gasteiger partial charge in [-0.1, -0.05) is 44.2 Å². The number of rotatable bonds is 10. The number of ether oxygens (including phenoxy) is 1. The van der Waals surface area contributed by atoms with Gasteiger partial charge in [0, 0.05) is 6.61 Å². The van der Waals surface area contributed by atoms with Crippen LogP contribution in [-0.4, -0.2) is 31.1 Å². The molecule has 0 bridgehead atoms. The third-order valence-corrected chi connectivity index (χ3v) is 3.11. The monoisotopic (exact) mass is 249 g/mol. The molecule has 0 saturated carbocycles. The average molecular weight is 249 g/mol. The zero-order valence-electron chi connectivity index (χ0n) is 11.9. The normalized spacial score (nSPS) is 11.1. The lowest BCUT2D eigenvalue weighted by Crippen LogP contribution is -2.25. The Morgan fingerprint density at radius 3 is 2.44 bits per heavy atom. The summed E-state index contributed by atoms with van der Waals surface area (Å²) in [5.41, 5.74) is 1.26. The Morgan fingerprint density at radius 1 is 1.00 bits per heavy atom. The SMILES string of the molecule is CCCN(CC)CCCCOCc1ccccc1. The third-order valence-electron chi connectivity index (χ3n) is 3.11. The fourth-order valence-corrected chi connectivity index (χ4v) is 2.05. The Balaban J connectivity index is 1.98. The van der Waals surface area contributed by atoms with Crippen molar-refractivity contribution in [2.45, 2.75) is 39.7 Å². The van der Waals surface area contributed by atoms with Crippen LogP contribution in [0.2, 0.25) is 0 Å². The van der Waals surface area contributed by atoms with Gasteiger partial charge in [-0.25, -0.2) is 0 Å². The van der Waals surface area contributed by atoms with E-state index in [1.165, 1.54) is 38.0 Å². The quantitative estimate of drug-likeness (QED) is 0.586.